The monoisotopic (exact) mass is 498 g/mol. The molecule has 1 rings (SSSR count). The minimum Gasteiger partial charge on any atom is -0.463 e. The predicted molar refractivity (Wildman–Crippen MR) is 136 cm³/mol. The Labute approximate surface area is 213 Å². The average Bonchev–Trinajstić information content (AvgIpc) is 3.01. The maximum Gasteiger partial charge on any atom is 0.337 e. The van der Waals surface area contributed by atoms with E-state index in [1.54, 1.807) is 27.9 Å². The summed E-state index contributed by atoms with van der Waals surface area (Å²) in [5.74, 6) is 0.0862. The first-order valence-electron chi connectivity index (χ1n) is 13.5. The standard InChI is InChI=1S/C28H50O7/c1-22(29)15-10-7-8-13-18-25(30)27(2,3)35-24-17-12-9-11-16-23(24)21-34-28(4,5)26(31)33-20-14-19-32-6/h23-24H,7-21H2,1-6H3. The van der Waals surface area contributed by atoms with E-state index in [1.165, 1.54) is 0 Å². The largest absolute Gasteiger partial charge is 0.463 e. The van der Waals surface area contributed by atoms with Crippen molar-refractivity contribution < 1.29 is 33.3 Å². The summed E-state index contributed by atoms with van der Waals surface area (Å²) in [7, 11) is 1.62. The summed E-state index contributed by atoms with van der Waals surface area (Å²) in [5.41, 5.74) is -1.90. The summed E-state index contributed by atoms with van der Waals surface area (Å²) >= 11 is 0. The number of Topliss-reactive ketones (excluding diaryl/α,β-unsaturated/α-hetero) is 2. The van der Waals surface area contributed by atoms with Gasteiger partial charge in [-0.1, -0.05) is 32.1 Å². The minimum atomic E-state index is -1.04. The maximum absolute atomic E-state index is 12.9. The second kappa shape index (κ2) is 16.4. The normalized spacial score (nSPS) is 19.3. The van der Waals surface area contributed by atoms with E-state index in [-0.39, 0.29) is 29.6 Å². The fraction of sp³-hybridized carbons (Fsp3) is 0.893. The van der Waals surface area contributed by atoms with Crippen LogP contribution in [0.2, 0.25) is 0 Å². The van der Waals surface area contributed by atoms with Crippen molar-refractivity contribution in [3.8, 4) is 0 Å². The van der Waals surface area contributed by atoms with Gasteiger partial charge >= 0.3 is 5.97 Å². The highest BCUT2D eigenvalue weighted by atomic mass is 16.6. The van der Waals surface area contributed by atoms with E-state index in [2.05, 4.69) is 0 Å². The number of methoxy groups -OCH3 is 1. The van der Waals surface area contributed by atoms with Gasteiger partial charge in [-0.3, -0.25) is 4.79 Å². The molecule has 0 radical (unpaired) electrons. The molecule has 0 N–H and O–H groups in total. The van der Waals surface area contributed by atoms with Gasteiger partial charge < -0.3 is 23.7 Å². The molecular weight excluding hydrogens is 448 g/mol. The number of hydrogen-bond acceptors (Lipinski definition) is 7. The molecule has 7 nitrogen and oxygen atoms in total. The number of ether oxygens (including phenoxy) is 4. The number of carbonyl (C=O) groups excluding carboxylic acids is 3. The van der Waals surface area contributed by atoms with Crippen molar-refractivity contribution in [1.82, 2.24) is 0 Å². The molecule has 204 valence electrons. The molecule has 2 unspecified atom stereocenters. The Morgan fingerprint density at radius 2 is 1.46 bits per heavy atom. The topological polar surface area (TPSA) is 88.1 Å². The molecule has 0 aromatic carbocycles. The SMILES string of the molecule is COCCCOC(=O)C(C)(C)OCC1CCCCCC1OC(C)(C)C(=O)CCCCCCC(C)=O. The minimum absolute atomic E-state index is 0.0828. The van der Waals surface area contributed by atoms with Crippen LogP contribution in [0.4, 0.5) is 0 Å². The third-order valence-electron chi connectivity index (χ3n) is 6.77. The number of rotatable bonds is 18. The zero-order valence-corrected chi connectivity index (χ0v) is 23.1. The molecule has 0 amide bonds. The first-order chi connectivity index (χ1) is 16.5. The Hall–Kier alpha value is -1.31. The van der Waals surface area contributed by atoms with Crippen molar-refractivity contribution in [1.29, 1.82) is 0 Å². The fourth-order valence-electron chi connectivity index (χ4n) is 4.37. The summed E-state index contributed by atoms with van der Waals surface area (Å²) < 4.78 is 22.9. The van der Waals surface area contributed by atoms with E-state index in [0.717, 1.165) is 57.8 Å². The van der Waals surface area contributed by atoms with Gasteiger partial charge in [0.05, 0.1) is 19.3 Å². The van der Waals surface area contributed by atoms with Crippen LogP contribution < -0.4 is 0 Å². The lowest BCUT2D eigenvalue weighted by molar-refractivity contribution is -0.175. The second-order valence-corrected chi connectivity index (χ2v) is 10.9. The Kier molecular flexibility index (Phi) is 14.9. The Bertz CT molecular complexity index is 641. The summed E-state index contributed by atoms with van der Waals surface area (Å²) in [4.78, 5) is 36.5. The molecular formula is C28H50O7. The van der Waals surface area contributed by atoms with Gasteiger partial charge in [0.15, 0.2) is 11.4 Å². The van der Waals surface area contributed by atoms with Crippen LogP contribution in [0.3, 0.4) is 0 Å². The van der Waals surface area contributed by atoms with Crippen molar-refractivity contribution in [3.05, 3.63) is 0 Å². The summed E-state index contributed by atoms with van der Waals surface area (Å²) in [5, 5.41) is 0. The third kappa shape index (κ3) is 13.0. The average molecular weight is 499 g/mol. The van der Waals surface area contributed by atoms with Crippen LogP contribution in [0.5, 0.6) is 0 Å². The predicted octanol–water partition coefficient (Wildman–Crippen LogP) is 5.60. The van der Waals surface area contributed by atoms with Crippen molar-refractivity contribution in [2.45, 2.75) is 129 Å². The molecule has 0 aromatic heterocycles. The molecule has 1 saturated carbocycles. The Morgan fingerprint density at radius 3 is 2.11 bits per heavy atom. The molecule has 0 saturated heterocycles. The maximum atomic E-state index is 12.9. The molecule has 1 fully saturated rings. The van der Waals surface area contributed by atoms with Gasteiger partial charge in [0.2, 0.25) is 0 Å². The Balaban J connectivity index is 2.58. The number of hydrogen-bond donors (Lipinski definition) is 0. The molecule has 35 heavy (non-hydrogen) atoms. The molecule has 1 aliphatic carbocycles. The number of unbranched alkanes of at least 4 members (excludes halogenated alkanes) is 3. The van der Waals surface area contributed by atoms with Crippen LogP contribution in [0.1, 0.15) is 112 Å². The highest BCUT2D eigenvalue weighted by Crippen LogP contribution is 2.31. The zero-order chi connectivity index (χ0) is 26.3. The van der Waals surface area contributed by atoms with Crippen LogP contribution in [0.15, 0.2) is 0 Å². The van der Waals surface area contributed by atoms with E-state index in [9.17, 15) is 14.4 Å². The lowest BCUT2D eigenvalue weighted by Gasteiger charge is -2.35. The smallest absolute Gasteiger partial charge is 0.337 e. The van der Waals surface area contributed by atoms with Gasteiger partial charge in [0.25, 0.3) is 0 Å². The molecule has 0 aromatic rings. The number of ketones is 2. The lowest BCUT2D eigenvalue weighted by atomic mass is 9.93. The van der Waals surface area contributed by atoms with Crippen molar-refractivity contribution in [3.63, 3.8) is 0 Å². The van der Waals surface area contributed by atoms with Crippen LogP contribution >= 0.6 is 0 Å². The van der Waals surface area contributed by atoms with Crippen molar-refractivity contribution in [2.24, 2.45) is 5.92 Å². The lowest BCUT2D eigenvalue weighted by Crippen LogP contribution is -2.44. The highest BCUT2D eigenvalue weighted by molar-refractivity contribution is 5.86. The van der Waals surface area contributed by atoms with E-state index < -0.39 is 11.2 Å². The molecule has 0 aliphatic heterocycles. The number of esters is 1. The highest BCUT2D eigenvalue weighted by Gasteiger charge is 2.37. The summed E-state index contributed by atoms with van der Waals surface area (Å²) in [6.45, 7) is 10.1. The van der Waals surface area contributed by atoms with Crippen molar-refractivity contribution in [2.75, 3.05) is 26.9 Å². The number of carbonyl (C=O) groups is 3. The van der Waals surface area contributed by atoms with Crippen molar-refractivity contribution >= 4 is 17.5 Å². The van der Waals surface area contributed by atoms with Gasteiger partial charge in [0, 0.05) is 38.9 Å². The van der Waals surface area contributed by atoms with Gasteiger partial charge in [0.1, 0.15) is 11.4 Å². The van der Waals surface area contributed by atoms with Crippen LogP contribution in [-0.2, 0) is 33.3 Å². The molecule has 1 aliphatic rings. The Morgan fingerprint density at radius 1 is 0.800 bits per heavy atom. The molecule has 7 heteroatoms. The quantitative estimate of drug-likeness (QED) is 0.138. The second-order valence-electron chi connectivity index (χ2n) is 10.9. The molecule has 2 atom stereocenters. The zero-order valence-electron chi connectivity index (χ0n) is 23.1. The first-order valence-corrected chi connectivity index (χ1v) is 13.5. The summed E-state index contributed by atoms with van der Waals surface area (Å²) in [6, 6.07) is 0. The third-order valence-corrected chi connectivity index (χ3v) is 6.77. The summed E-state index contributed by atoms with van der Waals surface area (Å²) in [6.07, 6.45) is 10.4. The fourth-order valence-corrected chi connectivity index (χ4v) is 4.37. The van der Waals surface area contributed by atoms with Gasteiger partial charge in [-0.15, -0.1) is 0 Å². The molecule has 0 bridgehead atoms. The van der Waals surface area contributed by atoms with Gasteiger partial charge in [-0.2, -0.15) is 0 Å². The van der Waals surface area contributed by atoms with Crippen LogP contribution in [0, 0.1) is 5.92 Å². The van der Waals surface area contributed by atoms with E-state index >= 15 is 0 Å². The van der Waals surface area contributed by atoms with E-state index in [4.69, 9.17) is 18.9 Å². The van der Waals surface area contributed by atoms with Gasteiger partial charge in [-0.25, -0.2) is 4.79 Å². The molecule has 0 spiro atoms. The van der Waals surface area contributed by atoms with E-state index in [0.29, 0.717) is 39.1 Å². The van der Waals surface area contributed by atoms with Gasteiger partial charge in [-0.05, 0) is 60.3 Å². The van der Waals surface area contributed by atoms with Crippen LogP contribution in [-0.4, -0.2) is 61.8 Å². The van der Waals surface area contributed by atoms with E-state index in [1.807, 2.05) is 13.8 Å². The van der Waals surface area contributed by atoms with Crippen LogP contribution in [0.25, 0.3) is 0 Å². The first kappa shape index (κ1) is 31.7. The molecule has 0 heterocycles.